The van der Waals surface area contributed by atoms with Crippen molar-refractivity contribution in [3.8, 4) is 0 Å². The molecule has 0 atom stereocenters. The number of halogens is 1. The minimum absolute atomic E-state index is 0.0652. The van der Waals surface area contributed by atoms with Gasteiger partial charge in [0.15, 0.2) is 5.82 Å². The summed E-state index contributed by atoms with van der Waals surface area (Å²) in [5.74, 6) is -0.960. The Bertz CT molecular complexity index is 1210. The standard InChI is InChI=1S/C22H16ClN3O3S/c23-16-11-13(12-20(27)28)5-10-19(16)30-15-8-6-14(7-9-15)24-22(29)21-25-17-3-1-2-4-18(17)26-21/h1-11H,12H2,(H,24,29)(H,25,26)(H,27,28). The first-order chi connectivity index (χ1) is 14.5. The highest BCUT2D eigenvalue weighted by Gasteiger charge is 2.12. The number of hydrogen-bond donors (Lipinski definition) is 3. The molecule has 6 nitrogen and oxygen atoms in total. The lowest BCUT2D eigenvalue weighted by Gasteiger charge is -2.08. The zero-order valence-electron chi connectivity index (χ0n) is 15.6. The molecule has 1 amide bonds. The number of benzene rings is 3. The molecule has 0 fully saturated rings. The number of amides is 1. The van der Waals surface area contributed by atoms with Gasteiger partial charge in [0.2, 0.25) is 0 Å². The molecule has 0 aliphatic rings. The quantitative estimate of drug-likeness (QED) is 0.383. The number of fused-ring (bicyclic) bond motifs is 1. The van der Waals surface area contributed by atoms with Crippen molar-refractivity contribution < 1.29 is 14.7 Å². The van der Waals surface area contributed by atoms with Crippen LogP contribution in [-0.2, 0) is 11.2 Å². The Labute approximate surface area is 181 Å². The van der Waals surface area contributed by atoms with Crippen LogP contribution in [0.4, 0.5) is 5.69 Å². The summed E-state index contributed by atoms with van der Waals surface area (Å²) in [6.45, 7) is 0. The van der Waals surface area contributed by atoms with Gasteiger partial charge in [-0.3, -0.25) is 9.59 Å². The van der Waals surface area contributed by atoms with Crippen molar-refractivity contribution in [2.45, 2.75) is 16.2 Å². The number of aromatic nitrogens is 2. The number of aromatic amines is 1. The molecule has 150 valence electrons. The van der Waals surface area contributed by atoms with Gasteiger partial charge in [0.05, 0.1) is 22.5 Å². The molecule has 4 aromatic rings. The molecular formula is C22H16ClN3O3S. The summed E-state index contributed by atoms with van der Waals surface area (Å²) >= 11 is 7.74. The van der Waals surface area contributed by atoms with Gasteiger partial charge in [0, 0.05) is 15.5 Å². The van der Waals surface area contributed by atoms with E-state index in [1.165, 1.54) is 11.8 Å². The lowest BCUT2D eigenvalue weighted by atomic mass is 10.1. The lowest BCUT2D eigenvalue weighted by molar-refractivity contribution is -0.136. The molecule has 4 rings (SSSR count). The Kier molecular flexibility index (Phi) is 5.74. The summed E-state index contributed by atoms with van der Waals surface area (Å²) < 4.78 is 0. The van der Waals surface area contributed by atoms with Crippen LogP contribution in [0, 0.1) is 0 Å². The van der Waals surface area contributed by atoms with E-state index in [1.54, 1.807) is 24.3 Å². The third kappa shape index (κ3) is 4.64. The molecule has 8 heteroatoms. The van der Waals surface area contributed by atoms with Crippen molar-refractivity contribution in [3.63, 3.8) is 0 Å². The number of para-hydroxylation sites is 2. The van der Waals surface area contributed by atoms with Crippen molar-refractivity contribution in [1.29, 1.82) is 0 Å². The summed E-state index contributed by atoms with van der Waals surface area (Å²) in [6.07, 6.45) is -0.0652. The number of carbonyl (C=O) groups is 2. The topological polar surface area (TPSA) is 95.1 Å². The summed E-state index contributed by atoms with van der Waals surface area (Å²) in [5.41, 5.74) is 2.84. The Morgan fingerprint density at radius 2 is 1.83 bits per heavy atom. The minimum atomic E-state index is -0.897. The highest BCUT2D eigenvalue weighted by Crippen LogP contribution is 2.34. The Hall–Kier alpha value is -3.29. The number of hydrogen-bond acceptors (Lipinski definition) is 4. The molecule has 0 aliphatic heterocycles. The first kappa shape index (κ1) is 20.0. The first-order valence-electron chi connectivity index (χ1n) is 9.02. The number of anilines is 1. The molecule has 0 unspecified atom stereocenters. The van der Waals surface area contributed by atoms with Gasteiger partial charge in [-0.15, -0.1) is 0 Å². The maximum Gasteiger partial charge on any atom is 0.307 e. The van der Waals surface area contributed by atoms with Gasteiger partial charge >= 0.3 is 5.97 Å². The van der Waals surface area contributed by atoms with Crippen LogP contribution in [0.1, 0.15) is 16.2 Å². The molecule has 1 aromatic heterocycles. The van der Waals surface area contributed by atoms with Crippen LogP contribution in [0.2, 0.25) is 5.02 Å². The van der Waals surface area contributed by atoms with Crippen LogP contribution < -0.4 is 5.32 Å². The summed E-state index contributed by atoms with van der Waals surface area (Å²) in [4.78, 5) is 32.3. The summed E-state index contributed by atoms with van der Waals surface area (Å²) in [7, 11) is 0. The van der Waals surface area contributed by atoms with Gasteiger partial charge < -0.3 is 15.4 Å². The van der Waals surface area contributed by atoms with Gasteiger partial charge in [-0.25, -0.2) is 4.98 Å². The Balaban J connectivity index is 1.42. The second-order valence-electron chi connectivity index (χ2n) is 6.52. The lowest BCUT2D eigenvalue weighted by Crippen LogP contribution is -2.13. The third-order valence-electron chi connectivity index (χ3n) is 4.30. The number of imidazole rings is 1. The van der Waals surface area contributed by atoms with E-state index in [1.807, 2.05) is 42.5 Å². The van der Waals surface area contributed by atoms with Crippen molar-refractivity contribution in [2.24, 2.45) is 0 Å². The maximum absolute atomic E-state index is 12.4. The highest BCUT2D eigenvalue weighted by atomic mass is 35.5. The van der Waals surface area contributed by atoms with E-state index in [-0.39, 0.29) is 18.2 Å². The number of H-pyrrole nitrogens is 1. The summed E-state index contributed by atoms with van der Waals surface area (Å²) in [5, 5.41) is 12.2. The number of carboxylic acids is 1. The van der Waals surface area contributed by atoms with Crippen LogP contribution in [0.5, 0.6) is 0 Å². The number of rotatable bonds is 6. The molecule has 3 aromatic carbocycles. The van der Waals surface area contributed by atoms with Crippen molar-refractivity contribution in [3.05, 3.63) is 83.1 Å². The van der Waals surface area contributed by atoms with E-state index in [0.29, 0.717) is 16.3 Å². The molecule has 3 N–H and O–H groups in total. The number of nitrogens with zero attached hydrogens (tertiary/aromatic N) is 1. The molecule has 0 spiro atoms. The molecule has 0 saturated carbocycles. The van der Waals surface area contributed by atoms with Crippen LogP contribution in [0.15, 0.2) is 76.5 Å². The Morgan fingerprint density at radius 1 is 1.07 bits per heavy atom. The normalized spacial score (nSPS) is 10.8. The van der Waals surface area contributed by atoms with Gasteiger partial charge in [-0.1, -0.05) is 41.6 Å². The maximum atomic E-state index is 12.4. The number of aliphatic carboxylic acids is 1. The Morgan fingerprint density at radius 3 is 2.53 bits per heavy atom. The smallest absolute Gasteiger partial charge is 0.307 e. The van der Waals surface area contributed by atoms with Gasteiger partial charge in [0.1, 0.15) is 0 Å². The molecular weight excluding hydrogens is 422 g/mol. The second-order valence-corrected chi connectivity index (χ2v) is 8.04. The number of carboxylic acid groups (broad SMARTS) is 1. The fraction of sp³-hybridized carbons (Fsp3) is 0.0455. The fourth-order valence-corrected chi connectivity index (χ4v) is 4.03. The first-order valence-corrected chi connectivity index (χ1v) is 10.2. The van der Waals surface area contributed by atoms with E-state index in [2.05, 4.69) is 15.3 Å². The molecule has 1 heterocycles. The molecule has 0 bridgehead atoms. The number of carbonyl (C=O) groups excluding carboxylic acids is 1. The van der Waals surface area contributed by atoms with Gasteiger partial charge in [-0.05, 0) is 54.1 Å². The molecule has 30 heavy (non-hydrogen) atoms. The zero-order chi connectivity index (χ0) is 21.1. The van der Waals surface area contributed by atoms with Crippen LogP contribution >= 0.6 is 23.4 Å². The average molecular weight is 438 g/mol. The van der Waals surface area contributed by atoms with Gasteiger partial charge in [0.25, 0.3) is 5.91 Å². The largest absolute Gasteiger partial charge is 0.481 e. The van der Waals surface area contributed by atoms with E-state index < -0.39 is 5.97 Å². The highest BCUT2D eigenvalue weighted by molar-refractivity contribution is 7.99. The average Bonchev–Trinajstić information content (AvgIpc) is 3.15. The van der Waals surface area contributed by atoms with E-state index in [0.717, 1.165) is 20.8 Å². The minimum Gasteiger partial charge on any atom is -0.481 e. The monoisotopic (exact) mass is 437 g/mol. The zero-order valence-corrected chi connectivity index (χ0v) is 17.1. The third-order valence-corrected chi connectivity index (χ3v) is 5.80. The predicted octanol–water partition coefficient (Wildman–Crippen LogP) is 5.25. The fourth-order valence-electron chi connectivity index (χ4n) is 2.90. The van der Waals surface area contributed by atoms with E-state index >= 15 is 0 Å². The van der Waals surface area contributed by atoms with Crippen LogP contribution in [0.25, 0.3) is 11.0 Å². The number of nitrogens with one attached hydrogen (secondary N) is 2. The van der Waals surface area contributed by atoms with Gasteiger partial charge in [-0.2, -0.15) is 0 Å². The predicted molar refractivity (Wildman–Crippen MR) is 117 cm³/mol. The second kappa shape index (κ2) is 8.61. The molecule has 0 radical (unpaired) electrons. The summed E-state index contributed by atoms with van der Waals surface area (Å²) in [6, 6.07) is 20.0. The van der Waals surface area contributed by atoms with E-state index in [4.69, 9.17) is 16.7 Å². The molecule has 0 aliphatic carbocycles. The van der Waals surface area contributed by atoms with Crippen LogP contribution in [-0.4, -0.2) is 27.0 Å². The van der Waals surface area contributed by atoms with Crippen molar-refractivity contribution >= 4 is 52.0 Å². The van der Waals surface area contributed by atoms with Crippen molar-refractivity contribution in [2.75, 3.05) is 5.32 Å². The molecule has 0 saturated heterocycles. The van der Waals surface area contributed by atoms with Crippen LogP contribution in [0.3, 0.4) is 0 Å². The van der Waals surface area contributed by atoms with E-state index in [9.17, 15) is 9.59 Å². The van der Waals surface area contributed by atoms with Crippen molar-refractivity contribution in [1.82, 2.24) is 9.97 Å². The SMILES string of the molecule is O=C(O)Cc1ccc(Sc2ccc(NC(=O)c3nc4ccccc4[nH]3)cc2)c(Cl)c1.